The van der Waals surface area contributed by atoms with Gasteiger partial charge in [0.15, 0.2) is 5.82 Å². The van der Waals surface area contributed by atoms with E-state index in [1.807, 2.05) is 0 Å². The molecule has 1 aromatic rings. The molecule has 1 aromatic heterocycles. The second-order valence-electron chi connectivity index (χ2n) is 3.39. The van der Waals surface area contributed by atoms with Gasteiger partial charge in [0.2, 0.25) is 0 Å². The Balaban J connectivity index is 2.71. The second-order valence-corrected chi connectivity index (χ2v) is 4.21. The van der Waals surface area contributed by atoms with Crippen molar-refractivity contribution in [1.82, 2.24) is 9.97 Å². The number of ether oxygens (including phenoxy) is 1. The maximum Gasteiger partial charge on any atom is 0.257 e. The van der Waals surface area contributed by atoms with Crippen LogP contribution >= 0.6 is 15.9 Å². The third-order valence-corrected chi connectivity index (χ3v) is 2.33. The molecule has 1 rings (SSSR count). The molecule has 1 amide bonds. The lowest BCUT2D eigenvalue weighted by atomic mass is 10.1. The second kappa shape index (κ2) is 4.67. The Kier molecular flexibility index (Phi) is 3.76. The minimum Gasteiger partial charge on any atom is -0.369 e. The van der Waals surface area contributed by atoms with E-state index in [1.165, 1.54) is 19.5 Å². The first-order chi connectivity index (χ1) is 6.95. The smallest absolute Gasteiger partial charge is 0.257 e. The predicted molar refractivity (Wildman–Crippen MR) is 59.4 cm³/mol. The molecule has 1 heterocycles. The first-order valence-electron chi connectivity index (χ1n) is 4.30. The normalized spacial score (nSPS) is 11.2. The van der Waals surface area contributed by atoms with Crippen LogP contribution in [0.3, 0.4) is 0 Å². The van der Waals surface area contributed by atoms with Crippen molar-refractivity contribution < 1.29 is 9.53 Å². The van der Waals surface area contributed by atoms with E-state index in [0.29, 0.717) is 10.4 Å². The van der Waals surface area contributed by atoms with Crippen molar-refractivity contribution in [2.45, 2.75) is 19.4 Å². The molecule has 82 valence electrons. The Morgan fingerprint density at radius 2 is 2.13 bits per heavy atom. The molecule has 0 saturated carbocycles. The van der Waals surface area contributed by atoms with Gasteiger partial charge in [-0.15, -0.1) is 0 Å². The molecule has 0 radical (unpaired) electrons. The SMILES string of the molecule is COC(C)(C)C(=O)Nc1cnc(Br)cn1. The summed E-state index contributed by atoms with van der Waals surface area (Å²) in [5, 5.41) is 2.60. The fourth-order valence-corrected chi connectivity index (χ4v) is 0.941. The number of nitrogens with one attached hydrogen (secondary N) is 1. The molecule has 0 bridgehead atoms. The van der Waals surface area contributed by atoms with E-state index in [-0.39, 0.29) is 5.91 Å². The quantitative estimate of drug-likeness (QED) is 0.909. The minimum absolute atomic E-state index is 0.262. The molecule has 0 atom stereocenters. The van der Waals surface area contributed by atoms with Gasteiger partial charge in [-0.1, -0.05) is 0 Å². The summed E-state index contributed by atoms with van der Waals surface area (Å²) in [7, 11) is 1.48. The fourth-order valence-electron chi connectivity index (χ4n) is 0.736. The monoisotopic (exact) mass is 273 g/mol. The molecule has 5 nitrogen and oxygen atoms in total. The number of nitrogens with zero attached hydrogens (tertiary/aromatic N) is 2. The molecular weight excluding hydrogens is 262 g/mol. The average Bonchev–Trinajstić information content (AvgIpc) is 2.21. The van der Waals surface area contributed by atoms with Crippen LogP contribution in [0.5, 0.6) is 0 Å². The average molecular weight is 274 g/mol. The summed E-state index contributed by atoms with van der Waals surface area (Å²) >= 11 is 3.15. The summed E-state index contributed by atoms with van der Waals surface area (Å²) in [5.41, 5.74) is -0.880. The van der Waals surface area contributed by atoms with Crippen LogP contribution < -0.4 is 5.32 Å². The van der Waals surface area contributed by atoms with Gasteiger partial charge in [0, 0.05) is 7.11 Å². The Hall–Kier alpha value is -1.01. The Morgan fingerprint density at radius 1 is 1.47 bits per heavy atom. The third kappa shape index (κ3) is 3.24. The fraction of sp³-hybridized carbons (Fsp3) is 0.444. The zero-order valence-electron chi connectivity index (χ0n) is 8.74. The highest BCUT2D eigenvalue weighted by atomic mass is 79.9. The minimum atomic E-state index is -0.880. The van der Waals surface area contributed by atoms with Crippen LogP contribution in [-0.4, -0.2) is 28.6 Å². The van der Waals surface area contributed by atoms with Crippen LogP contribution in [0, 0.1) is 0 Å². The van der Waals surface area contributed by atoms with Gasteiger partial charge in [-0.2, -0.15) is 0 Å². The molecule has 0 aromatic carbocycles. The number of methoxy groups -OCH3 is 1. The van der Waals surface area contributed by atoms with Crippen molar-refractivity contribution in [3.8, 4) is 0 Å². The molecule has 0 fully saturated rings. The summed E-state index contributed by atoms with van der Waals surface area (Å²) in [4.78, 5) is 19.5. The highest BCUT2D eigenvalue weighted by Crippen LogP contribution is 2.12. The van der Waals surface area contributed by atoms with Crippen molar-refractivity contribution in [1.29, 1.82) is 0 Å². The zero-order valence-corrected chi connectivity index (χ0v) is 10.3. The van der Waals surface area contributed by atoms with Crippen molar-refractivity contribution >= 4 is 27.7 Å². The summed E-state index contributed by atoms with van der Waals surface area (Å²) in [6.45, 7) is 3.35. The molecule has 0 saturated heterocycles. The molecular formula is C9H12BrN3O2. The largest absolute Gasteiger partial charge is 0.369 e. The Morgan fingerprint density at radius 3 is 2.60 bits per heavy atom. The molecule has 15 heavy (non-hydrogen) atoms. The lowest BCUT2D eigenvalue weighted by Crippen LogP contribution is -2.39. The van der Waals surface area contributed by atoms with E-state index in [9.17, 15) is 4.79 Å². The highest BCUT2D eigenvalue weighted by molar-refractivity contribution is 9.10. The van der Waals surface area contributed by atoms with Crippen molar-refractivity contribution in [2.75, 3.05) is 12.4 Å². The zero-order chi connectivity index (χ0) is 11.5. The van der Waals surface area contributed by atoms with Crippen LogP contribution in [0.1, 0.15) is 13.8 Å². The van der Waals surface area contributed by atoms with Crippen molar-refractivity contribution in [3.63, 3.8) is 0 Å². The third-order valence-electron chi connectivity index (χ3n) is 1.92. The van der Waals surface area contributed by atoms with Gasteiger partial charge in [0.05, 0.1) is 12.4 Å². The highest BCUT2D eigenvalue weighted by Gasteiger charge is 2.27. The van der Waals surface area contributed by atoms with Crippen LogP contribution in [0.25, 0.3) is 0 Å². The maximum absolute atomic E-state index is 11.6. The number of rotatable bonds is 3. The van der Waals surface area contributed by atoms with E-state index in [4.69, 9.17) is 4.74 Å². The molecule has 0 aliphatic carbocycles. The van der Waals surface area contributed by atoms with Gasteiger partial charge in [-0.25, -0.2) is 9.97 Å². The van der Waals surface area contributed by atoms with Crippen LogP contribution in [0.2, 0.25) is 0 Å². The van der Waals surface area contributed by atoms with Gasteiger partial charge in [0.1, 0.15) is 10.2 Å². The van der Waals surface area contributed by atoms with E-state index >= 15 is 0 Å². The van der Waals surface area contributed by atoms with E-state index in [1.54, 1.807) is 13.8 Å². The van der Waals surface area contributed by atoms with Crippen LogP contribution in [-0.2, 0) is 9.53 Å². The summed E-state index contributed by atoms with van der Waals surface area (Å²) in [5.74, 6) is 0.134. The number of aromatic nitrogens is 2. The summed E-state index contributed by atoms with van der Waals surface area (Å²) in [6.07, 6.45) is 2.98. The first-order valence-corrected chi connectivity index (χ1v) is 5.09. The van der Waals surface area contributed by atoms with Gasteiger partial charge in [-0.3, -0.25) is 4.79 Å². The number of carbonyl (C=O) groups excluding carboxylic acids is 1. The van der Waals surface area contributed by atoms with Crippen molar-refractivity contribution in [2.24, 2.45) is 0 Å². The molecule has 0 unspecified atom stereocenters. The number of anilines is 1. The molecule has 0 spiro atoms. The lowest BCUT2D eigenvalue weighted by Gasteiger charge is -2.21. The first kappa shape index (κ1) is 12.1. The van der Waals surface area contributed by atoms with Crippen molar-refractivity contribution in [3.05, 3.63) is 17.0 Å². The Labute approximate surface area is 96.4 Å². The molecule has 0 aliphatic heterocycles. The standard InChI is InChI=1S/C9H12BrN3O2/c1-9(2,15-3)8(14)13-7-5-11-6(10)4-12-7/h4-5H,1-3H3,(H,12,13,14). The van der Waals surface area contributed by atoms with E-state index in [0.717, 1.165) is 0 Å². The predicted octanol–water partition coefficient (Wildman–Crippen LogP) is 1.60. The lowest BCUT2D eigenvalue weighted by molar-refractivity contribution is -0.133. The van der Waals surface area contributed by atoms with Gasteiger partial charge in [-0.05, 0) is 29.8 Å². The van der Waals surface area contributed by atoms with Gasteiger partial charge in [0.25, 0.3) is 5.91 Å². The number of hydrogen-bond donors (Lipinski definition) is 1. The summed E-state index contributed by atoms with van der Waals surface area (Å²) in [6, 6.07) is 0. The maximum atomic E-state index is 11.6. The topological polar surface area (TPSA) is 64.1 Å². The van der Waals surface area contributed by atoms with Crippen LogP contribution in [0.4, 0.5) is 5.82 Å². The van der Waals surface area contributed by atoms with Crippen LogP contribution in [0.15, 0.2) is 17.0 Å². The number of amides is 1. The molecule has 6 heteroatoms. The van der Waals surface area contributed by atoms with Gasteiger partial charge >= 0.3 is 0 Å². The number of hydrogen-bond acceptors (Lipinski definition) is 4. The number of carbonyl (C=O) groups is 1. The summed E-state index contributed by atoms with van der Waals surface area (Å²) < 4.78 is 5.64. The number of halogens is 1. The molecule has 1 N–H and O–H groups in total. The Bertz CT molecular complexity index is 351. The van der Waals surface area contributed by atoms with Gasteiger partial charge < -0.3 is 10.1 Å². The van der Waals surface area contributed by atoms with E-state index in [2.05, 4.69) is 31.2 Å². The van der Waals surface area contributed by atoms with E-state index < -0.39 is 5.60 Å². The molecule has 0 aliphatic rings.